The van der Waals surface area contributed by atoms with Gasteiger partial charge < -0.3 is 14.8 Å². The lowest BCUT2D eigenvalue weighted by Crippen LogP contribution is -2.37. The summed E-state index contributed by atoms with van der Waals surface area (Å²) in [6.07, 6.45) is 2.28. The van der Waals surface area contributed by atoms with Crippen molar-refractivity contribution in [3.63, 3.8) is 0 Å². The summed E-state index contributed by atoms with van der Waals surface area (Å²) in [4.78, 5) is 25.7. The molecule has 7 heteroatoms. The number of hydrogen-bond donors (Lipinski definition) is 1. The Balaban J connectivity index is 1.65. The van der Waals surface area contributed by atoms with Crippen LogP contribution in [0.5, 0.6) is 0 Å². The molecule has 1 aliphatic rings. The van der Waals surface area contributed by atoms with Crippen LogP contribution in [0.15, 0.2) is 41.3 Å². The fourth-order valence-corrected chi connectivity index (χ4v) is 2.91. The lowest BCUT2D eigenvalue weighted by Gasteiger charge is -2.19. The molecule has 1 saturated heterocycles. The van der Waals surface area contributed by atoms with E-state index in [1.807, 2.05) is 4.90 Å². The zero-order valence-electron chi connectivity index (χ0n) is 13.1. The van der Waals surface area contributed by atoms with Gasteiger partial charge in [0.25, 0.3) is 5.91 Å². The molecule has 0 spiro atoms. The highest BCUT2D eigenvalue weighted by atomic mass is 35.5. The van der Waals surface area contributed by atoms with Gasteiger partial charge in [-0.1, -0.05) is 11.6 Å². The van der Waals surface area contributed by atoms with Gasteiger partial charge in [0.2, 0.25) is 5.56 Å². The van der Waals surface area contributed by atoms with Crippen LogP contribution in [0.25, 0.3) is 0 Å². The molecule has 1 atom stereocenters. The molecule has 3 rings (SSSR count). The van der Waals surface area contributed by atoms with E-state index in [0.29, 0.717) is 12.1 Å². The number of rotatable bonds is 3. The molecule has 2 heterocycles. The van der Waals surface area contributed by atoms with Gasteiger partial charge in [0.05, 0.1) is 10.6 Å². The summed E-state index contributed by atoms with van der Waals surface area (Å²) in [6, 6.07) is 7.55. The summed E-state index contributed by atoms with van der Waals surface area (Å²) in [6.45, 7) is 1.32. The van der Waals surface area contributed by atoms with Gasteiger partial charge in [-0.3, -0.25) is 9.59 Å². The maximum Gasteiger partial charge on any atom is 0.253 e. The van der Waals surface area contributed by atoms with Gasteiger partial charge in [-0.05, 0) is 30.7 Å². The predicted molar refractivity (Wildman–Crippen MR) is 91.2 cm³/mol. The number of hydrogen-bond acceptors (Lipinski definition) is 3. The monoisotopic (exact) mass is 349 g/mol. The number of carbonyl (C=O) groups is 1. The Hall–Kier alpha value is -2.34. The van der Waals surface area contributed by atoms with Crippen LogP contribution in [0.1, 0.15) is 16.8 Å². The van der Waals surface area contributed by atoms with Crippen molar-refractivity contribution in [1.29, 1.82) is 0 Å². The summed E-state index contributed by atoms with van der Waals surface area (Å²) >= 11 is 5.70. The van der Waals surface area contributed by atoms with E-state index < -0.39 is 5.82 Å². The van der Waals surface area contributed by atoms with Gasteiger partial charge in [0.1, 0.15) is 5.82 Å². The molecule has 0 radical (unpaired) electrons. The molecule has 24 heavy (non-hydrogen) atoms. The minimum Gasteiger partial charge on any atom is -0.369 e. The van der Waals surface area contributed by atoms with E-state index in [2.05, 4.69) is 5.32 Å². The third kappa shape index (κ3) is 3.43. The highest BCUT2D eigenvalue weighted by Crippen LogP contribution is 2.25. The average molecular weight is 350 g/mol. The van der Waals surface area contributed by atoms with E-state index in [9.17, 15) is 14.0 Å². The standard InChI is InChI=1S/C17H17ClFN3O2/c1-21-9-11(2-5-16(21)23)17(24)20-12-6-7-22(10-12)13-3-4-14(18)15(19)8-13/h2-5,8-9,12H,6-7,10H2,1H3,(H,20,24). The number of nitrogens with one attached hydrogen (secondary N) is 1. The molecule has 1 amide bonds. The zero-order chi connectivity index (χ0) is 17.3. The Morgan fingerprint density at radius 1 is 1.33 bits per heavy atom. The lowest BCUT2D eigenvalue weighted by molar-refractivity contribution is 0.0939. The van der Waals surface area contributed by atoms with Gasteiger partial charge >= 0.3 is 0 Å². The third-order valence-electron chi connectivity index (χ3n) is 4.14. The Bertz CT molecular complexity index is 837. The number of pyridine rings is 1. The minimum absolute atomic E-state index is 0.0338. The number of carbonyl (C=O) groups excluding carboxylic acids is 1. The molecule has 1 N–H and O–H groups in total. The number of aryl methyl sites for hydroxylation is 1. The molecule has 0 saturated carbocycles. The number of aromatic nitrogens is 1. The minimum atomic E-state index is -0.452. The van der Waals surface area contributed by atoms with Gasteiger partial charge in [0.15, 0.2) is 0 Å². The van der Waals surface area contributed by atoms with E-state index in [1.165, 1.54) is 35.0 Å². The van der Waals surface area contributed by atoms with Crippen molar-refractivity contribution in [3.05, 3.63) is 63.3 Å². The van der Waals surface area contributed by atoms with E-state index in [1.54, 1.807) is 13.1 Å². The van der Waals surface area contributed by atoms with Crippen molar-refractivity contribution < 1.29 is 9.18 Å². The van der Waals surface area contributed by atoms with Crippen molar-refractivity contribution in [2.75, 3.05) is 18.0 Å². The summed E-state index contributed by atoms with van der Waals surface area (Å²) in [5.74, 6) is -0.674. The number of anilines is 1. The smallest absolute Gasteiger partial charge is 0.253 e. The normalized spacial score (nSPS) is 17.1. The molecule has 1 aliphatic heterocycles. The zero-order valence-corrected chi connectivity index (χ0v) is 13.9. The first kappa shape index (κ1) is 16.5. The van der Waals surface area contributed by atoms with Crippen LogP contribution in [-0.2, 0) is 7.05 Å². The average Bonchev–Trinajstić information content (AvgIpc) is 3.01. The van der Waals surface area contributed by atoms with Crippen LogP contribution >= 0.6 is 11.6 Å². The Morgan fingerprint density at radius 2 is 2.12 bits per heavy atom. The third-order valence-corrected chi connectivity index (χ3v) is 4.45. The highest BCUT2D eigenvalue weighted by molar-refractivity contribution is 6.30. The lowest BCUT2D eigenvalue weighted by atomic mass is 10.2. The fourth-order valence-electron chi connectivity index (χ4n) is 2.79. The molecule has 2 aromatic rings. The molecule has 1 aromatic heterocycles. The number of benzene rings is 1. The summed E-state index contributed by atoms with van der Waals surface area (Å²) in [5, 5.41) is 3.05. The van der Waals surface area contributed by atoms with Crippen LogP contribution in [0.3, 0.4) is 0 Å². The molecule has 1 aromatic carbocycles. The Morgan fingerprint density at radius 3 is 2.83 bits per heavy atom. The van der Waals surface area contributed by atoms with Crippen molar-refractivity contribution in [2.45, 2.75) is 12.5 Å². The van der Waals surface area contributed by atoms with Crippen LogP contribution in [0.2, 0.25) is 5.02 Å². The van der Waals surface area contributed by atoms with Crippen molar-refractivity contribution in [1.82, 2.24) is 9.88 Å². The molecular weight excluding hydrogens is 333 g/mol. The van der Waals surface area contributed by atoms with Crippen LogP contribution in [-0.4, -0.2) is 29.6 Å². The first-order chi connectivity index (χ1) is 11.4. The van der Waals surface area contributed by atoms with E-state index in [4.69, 9.17) is 11.6 Å². The van der Waals surface area contributed by atoms with Gasteiger partial charge in [-0.25, -0.2) is 4.39 Å². The maximum absolute atomic E-state index is 13.6. The topological polar surface area (TPSA) is 54.3 Å². The van der Waals surface area contributed by atoms with Crippen LogP contribution in [0.4, 0.5) is 10.1 Å². The molecule has 1 fully saturated rings. The largest absolute Gasteiger partial charge is 0.369 e. The molecule has 5 nitrogen and oxygen atoms in total. The quantitative estimate of drug-likeness (QED) is 0.924. The second kappa shape index (κ2) is 6.65. The van der Waals surface area contributed by atoms with Gasteiger partial charge in [-0.2, -0.15) is 0 Å². The molecular formula is C17H17ClFN3O2. The van der Waals surface area contributed by atoms with Gasteiger partial charge in [0, 0.05) is 44.1 Å². The molecule has 126 valence electrons. The van der Waals surface area contributed by atoms with Crippen molar-refractivity contribution in [2.24, 2.45) is 7.05 Å². The summed E-state index contributed by atoms with van der Waals surface area (Å²) in [7, 11) is 1.60. The first-order valence-electron chi connectivity index (χ1n) is 7.61. The van der Waals surface area contributed by atoms with Crippen molar-refractivity contribution >= 4 is 23.2 Å². The number of nitrogens with zero attached hydrogens (tertiary/aromatic N) is 2. The SMILES string of the molecule is Cn1cc(C(=O)NC2CCN(c3ccc(Cl)c(F)c3)C2)ccc1=O. The molecule has 1 unspecified atom stereocenters. The summed E-state index contributed by atoms with van der Waals surface area (Å²) in [5.41, 5.74) is 1.02. The van der Waals surface area contributed by atoms with E-state index in [-0.39, 0.29) is 22.5 Å². The highest BCUT2D eigenvalue weighted by Gasteiger charge is 2.25. The summed E-state index contributed by atoms with van der Waals surface area (Å²) < 4.78 is 14.9. The maximum atomic E-state index is 13.6. The van der Waals surface area contributed by atoms with Crippen molar-refractivity contribution in [3.8, 4) is 0 Å². The Labute approximate surface area is 143 Å². The second-order valence-electron chi connectivity index (χ2n) is 5.87. The van der Waals surface area contributed by atoms with Crippen LogP contribution in [0, 0.1) is 5.82 Å². The van der Waals surface area contributed by atoms with Gasteiger partial charge in [-0.15, -0.1) is 0 Å². The molecule has 0 bridgehead atoms. The number of halogens is 2. The Kier molecular flexibility index (Phi) is 4.57. The van der Waals surface area contributed by atoms with E-state index >= 15 is 0 Å². The molecule has 0 aliphatic carbocycles. The first-order valence-corrected chi connectivity index (χ1v) is 7.99. The van der Waals surface area contributed by atoms with E-state index in [0.717, 1.165) is 18.7 Å². The van der Waals surface area contributed by atoms with Crippen LogP contribution < -0.4 is 15.8 Å². The predicted octanol–water partition coefficient (Wildman–Crippen LogP) is 2.19. The number of amides is 1. The second-order valence-corrected chi connectivity index (χ2v) is 6.28. The fraction of sp³-hybridized carbons (Fsp3) is 0.294.